The van der Waals surface area contributed by atoms with Crippen LogP contribution < -0.4 is 5.32 Å². The van der Waals surface area contributed by atoms with Gasteiger partial charge in [-0.3, -0.25) is 14.5 Å². The number of ether oxygens (including phenoxy) is 1. The molecule has 1 heterocycles. The lowest BCUT2D eigenvalue weighted by Crippen LogP contribution is -2.42. The van der Waals surface area contributed by atoms with E-state index in [2.05, 4.69) is 75.6 Å². The number of rotatable bonds is 10. The van der Waals surface area contributed by atoms with Crippen LogP contribution in [-0.2, 0) is 14.3 Å². The van der Waals surface area contributed by atoms with Crippen LogP contribution in [0, 0.1) is 5.92 Å². The number of hydrogen-bond acceptors (Lipinski definition) is 4. The number of nitrogens with one attached hydrogen (secondary N) is 1. The standard InChI is InChI=1S/C26H34N2O3/c1-31-24(29)15-9-4-10-18-27-26(30)23-16-19-28(20-17-23)25(21-11-5-2-6-12-21)22-13-7-3-8-14-22/h2-3,5-8,11-14,23,25H,4,9-10,15-20H2,1H3,(H,27,30). The van der Waals surface area contributed by atoms with Gasteiger partial charge in [0.15, 0.2) is 0 Å². The van der Waals surface area contributed by atoms with Gasteiger partial charge < -0.3 is 10.1 Å². The van der Waals surface area contributed by atoms with Gasteiger partial charge in [0.05, 0.1) is 13.2 Å². The van der Waals surface area contributed by atoms with Crippen molar-refractivity contribution in [1.29, 1.82) is 0 Å². The van der Waals surface area contributed by atoms with E-state index in [1.54, 1.807) is 0 Å². The highest BCUT2D eigenvalue weighted by molar-refractivity contribution is 5.78. The van der Waals surface area contributed by atoms with Crippen molar-refractivity contribution < 1.29 is 14.3 Å². The summed E-state index contributed by atoms with van der Waals surface area (Å²) < 4.78 is 4.64. The molecule has 1 amide bonds. The predicted octanol–water partition coefficient (Wildman–Crippen LogP) is 4.34. The zero-order chi connectivity index (χ0) is 21.9. The Bertz CT molecular complexity index is 762. The van der Waals surface area contributed by atoms with E-state index in [1.165, 1.54) is 18.2 Å². The normalized spacial score (nSPS) is 15.0. The molecule has 1 aliphatic heterocycles. The molecule has 0 aromatic heterocycles. The van der Waals surface area contributed by atoms with Crippen molar-refractivity contribution in [2.24, 2.45) is 5.92 Å². The fourth-order valence-electron chi connectivity index (χ4n) is 4.33. The van der Waals surface area contributed by atoms with Gasteiger partial charge in [-0.15, -0.1) is 0 Å². The maximum atomic E-state index is 12.6. The number of carbonyl (C=O) groups excluding carboxylic acids is 2. The molecule has 31 heavy (non-hydrogen) atoms. The largest absolute Gasteiger partial charge is 0.469 e. The second kappa shape index (κ2) is 12.3. The number of piperidine rings is 1. The van der Waals surface area contributed by atoms with Gasteiger partial charge in [0.1, 0.15) is 0 Å². The van der Waals surface area contributed by atoms with E-state index in [1.807, 2.05) is 0 Å². The molecule has 166 valence electrons. The van der Waals surface area contributed by atoms with Gasteiger partial charge in [0, 0.05) is 18.9 Å². The summed E-state index contributed by atoms with van der Waals surface area (Å²) in [5.74, 6) is 0.0854. The monoisotopic (exact) mass is 422 g/mol. The van der Waals surface area contributed by atoms with Crippen LogP contribution >= 0.6 is 0 Å². The number of esters is 1. The topological polar surface area (TPSA) is 58.6 Å². The minimum atomic E-state index is -0.167. The van der Waals surface area contributed by atoms with Gasteiger partial charge in [-0.25, -0.2) is 0 Å². The van der Waals surface area contributed by atoms with E-state index >= 15 is 0 Å². The van der Waals surface area contributed by atoms with E-state index in [-0.39, 0.29) is 23.8 Å². The first-order chi connectivity index (χ1) is 15.2. The highest BCUT2D eigenvalue weighted by Crippen LogP contribution is 2.32. The SMILES string of the molecule is COC(=O)CCCCCNC(=O)C1CCN(C(c2ccccc2)c2ccccc2)CC1. The fourth-order valence-corrected chi connectivity index (χ4v) is 4.33. The Balaban J connectivity index is 1.47. The molecule has 1 saturated heterocycles. The molecule has 3 rings (SSSR count). The summed E-state index contributed by atoms with van der Waals surface area (Å²) in [7, 11) is 1.41. The molecule has 0 spiro atoms. The van der Waals surface area contributed by atoms with Crippen LogP contribution in [0.4, 0.5) is 0 Å². The highest BCUT2D eigenvalue weighted by atomic mass is 16.5. The third-order valence-electron chi connectivity index (χ3n) is 6.08. The summed E-state index contributed by atoms with van der Waals surface area (Å²) in [6.07, 6.45) is 4.83. The van der Waals surface area contributed by atoms with Crippen molar-refractivity contribution >= 4 is 11.9 Å². The first kappa shape index (κ1) is 23.0. The van der Waals surface area contributed by atoms with Gasteiger partial charge in [-0.1, -0.05) is 67.1 Å². The fraction of sp³-hybridized carbons (Fsp3) is 0.462. The average Bonchev–Trinajstić information content (AvgIpc) is 2.83. The van der Waals surface area contributed by atoms with Crippen LogP contribution in [0.25, 0.3) is 0 Å². The van der Waals surface area contributed by atoms with Crippen LogP contribution in [-0.4, -0.2) is 43.5 Å². The minimum absolute atomic E-state index is 0.0820. The van der Waals surface area contributed by atoms with E-state index in [0.717, 1.165) is 45.2 Å². The van der Waals surface area contributed by atoms with Crippen molar-refractivity contribution in [2.75, 3.05) is 26.7 Å². The van der Waals surface area contributed by atoms with E-state index in [0.29, 0.717) is 13.0 Å². The summed E-state index contributed by atoms with van der Waals surface area (Å²) in [6.45, 7) is 2.49. The van der Waals surface area contributed by atoms with Gasteiger partial charge in [0.2, 0.25) is 5.91 Å². The molecule has 0 aliphatic carbocycles. The number of carbonyl (C=O) groups is 2. The summed E-state index contributed by atoms with van der Waals surface area (Å²) >= 11 is 0. The Morgan fingerprint density at radius 1 is 0.935 bits per heavy atom. The number of hydrogen-bond donors (Lipinski definition) is 1. The average molecular weight is 423 g/mol. The number of unbranched alkanes of at least 4 members (excludes halogenated alkanes) is 2. The Labute approximate surface area is 185 Å². The van der Waals surface area contributed by atoms with Crippen molar-refractivity contribution in [3.05, 3.63) is 71.8 Å². The quantitative estimate of drug-likeness (QED) is 0.457. The minimum Gasteiger partial charge on any atom is -0.469 e. The molecule has 2 aromatic rings. The summed E-state index contributed by atoms with van der Waals surface area (Å²) in [5.41, 5.74) is 2.59. The van der Waals surface area contributed by atoms with Crippen LogP contribution in [0.5, 0.6) is 0 Å². The van der Waals surface area contributed by atoms with E-state index in [4.69, 9.17) is 0 Å². The third-order valence-corrected chi connectivity index (χ3v) is 6.08. The molecule has 1 fully saturated rings. The van der Waals surface area contributed by atoms with Gasteiger partial charge in [0.25, 0.3) is 0 Å². The van der Waals surface area contributed by atoms with Crippen LogP contribution in [0.1, 0.15) is 55.7 Å². The predicted molar refractivity (Wildman–Crippen MR) is 123 cm³/mol. The molecule has 1 N–H and O–H groups in total. The van der Waals surface area contributed by atoms with Crippen molar-refractivity contribution in [3.8, 4) is 0 Å². The molecule has 5 nitrogen and oxygen atoms in total. The van der Waals surface area contributed by atoms with E-state index < -0.39 is 0 Å². The van der Waals surface area contributed by atoms with Crippen molar-refractivity contribution in [1.82, 2.24) is 10.2 Å². The van der Waals surface area contributed by atoms with Crippen LogP contribution in [0.15, 0.2) is 60.7 Å². The molecule has 0 atom stereocenters. The third kappa shape index (κ3) is 6.93. The second-order valence-electron chi connectivity index (χ2n) is 8.21. The Morgan fingerprint density at radius 3 is 2.06 bits per heavy atom. The molecular weight excluding hydrogens is 388 g/mol. The zero-order valence-corrected chi connectivity index (χ0v) is 18.5. The maximum Gasteiger partial charge on any atom is 0.305 e. The Morgan fingerprint density at radius 2 is 1.52 bits per heavy atom. The summed E-state index contributed by atoms with van der Waals surface area (Å²) in [4.78, 5) is 26.2. The van der Waals surface area contributed by atoms with Gasteiger partial charge >= 0.3 is 5.97 Å². The number of nitrogens with zero attached hydrogens (tertiary/aromatic N) is 1. The number of likely N-dealkylation sites (tertiary alicyclic amines) is 1. The molecule has 0 saturated carbocycles. The lowest BCUT2D eigenvalue weighted by Gasteiger charge is -2.37. The molecule has 0 unspecified atom stereocenters. The number of benzene rings is 2. The van der Waals surface area contributed by atoms with Crippen molar-refractivity contribution in [2.45, 2.75) is 44.6 Å². The van der Waals surface area contributed by atoms with E-state index in [9.17, 15) is 9.59 Å². The Kier molecular flexibility index (Phi) is 9.10. The zero-order valence-electron chi connectivity index (χ0n) is 18.5. The smallest absolute Gasteiger partial charge is 0.305 e. The maximum absolute atomic E-state index is 12.6. The first-order valence-electron chi connectivity index (χ1n) is 11.4. The lowest BCUT2D eigenvalue weighted by molar-refractivity contribution is -0.140. The van der Waals surface area contributed by atoms with Crippen LogP contribution in [0.2, 0.25) is 0 Å². The van der Waals surface area contributed by atoms with Gasteiger partial charge in [-0.2, -0.15) is 0 Å². The molecule has 1 aliphatic rings. The summed E-state index contributed by atoms with van der Waals surface area (Å²) in [5, 5.41) is 3.09. The van der Waals surface area contributed by atoms with Crippen molar-refractivity contribution in [3.63, 3.8) is 0 Å². The molecular formula is C26H34N2O3. The number of methoxy groups -OCH3 is 1. The number of amides is 1. The summed E-state index contributed by atoms with van der Waals surface area (Å²) in [6, 6.07) is 21.5. The lowest BCUT2D eigenvalue weighted by atomic mass is 9.91. The Hall–Kier alpha value is -2.66. The van der Waals surface area contributed by atoms with Crippen LogP contribution in [0.3, 0.4) is 0 Å². The van der Waals surface area contributed by atoms with Gasteiger partial charge in [-0.05, 0) is 49.9 Å². The molecule has 0 bridgehead atoms. The molecule has 2 aromatic carbocycles. The molecule has 5 heteroatoms. The molecule has 0 radical (unpaired) electrons. The highest BCUT2D eigenvalue weighted by Gasteiger charge is 2.30. The first-order valence-corrected chi connectivity index (χ1v) is 11.4. The second-order valence-corrected chi connectivity index (χ2v) is 8.21.